The van der Waals surface area contributed by atoms with Crippen LogP contribution >= 0.6 is 0 Å². The predicted molar refractivity (Wildman–Crippen MR) is 88.9 cm³/mol. The number of carbonyl (C=O) groups is 1. The molecule has 2 aromatic rings. The molecular formula is C18H19N3O. The van der Waals surface area contributed by atoms with Gasteiger partial charge in [0.05, 0.1) is 11.6 Å². The van der Waals surface area contributed by atoms with Crippen LogP contribution in [0.2, 0.25) is 0 Å². The summed E-state index contributed by atoms with van der Waals surface area (Å²) < 4.78 is 0. The Morgan fingerprint density at radius 2 is 1.64 bits per heavy atom. The summed E-state index contributed by atoms with van der Waals surface area (Å²) in [5.74, 6) is 0. The number of para-hydroxylation sites is 1. The van der Waals surface area contributed by atoms with Crippen LogP contribution < -0.4 is 10.6 Å². The molecule has 0 heterocycles. The van der Waals surface area contributed by atoms with Crippen LogP contribution in [0.15, 0.2) is 48.5 Å². The van der Waals surface area contributed by atoms with Crippen LogP contribution in [-0.2, 0) is 5.41 Å². The number of rotatable bonds is 2. The van der Waals surface area contributed by atoms with Gasteiger partial charge in [0.25, 0.3) is 0 Å². The first-order valence-corrected chi connectivity index (χ1v) is 7.08. The lowest BCUT2D eigenvalue weighted by Gasteiger charge is -2.23. The highest BCUT2D eigenvalue weighted by Crippen LogP contribution is 2.29. The molecule has 2 rings (SSSR count). The lowest BCUT2D eigenvalue weighted by Crippen LogP contribution is -2.22. The second-order valence-electron chi connectivity index (χ2n) is 6.06. The Balaban J connectivity index is 2.11. The largest absolute Gasteiger partial charge is 0.323 e. The van der Waals surface area contributed by atoms with Gasteiger partial charge in [-0.05, 0) is 41.3 Å². The second-order valence-corrected chi connectivity index (χ2v) is 6.06. The third-order valence-corrected chi connectivity index (χ3v) is 3.26. The van der Waals surface area contributed by atoms with Gasteiger partial charge in [0.1, 0.15) is 0 Å². The molecule has 0 aliphatic rings. The van der Waals surface area contributed by atoms with Gasteiger partial charge < -0.3 is 10.6 Å². The normalized spacial score (nSPS) is 10.6. The molecule has 0 aliphatic carbocycles. The van der Waals surface area contributed by atoms with Crippen molar-refractivity contribution >= 4 is 17.4 Å². The molecule has 0 aliphatic heterocycles. The van der Waals surface area contributed by atoms with E-state index in [9.17, 15) is 4.79 Å². The van der Waals surface area contributed by atoms with Gasteiger partial charge in [-0.25, -0.2) is 4.79 Å². The molecule has 2 N–H and O–H groups in total. The summed E-state index contributed by atoms with van der Waals surface area (Å²) >= 11 is 0. The third-order valence-electron chi connectivity index (χ3n) is 3.26. The summed E-state index contributed by atoms with van der Waals surface area (Å²) in [5, 5.41) is 14.4. The van der Waals surface area contributed by atoms with Gasteiger partial charge >= 0.3 is 6.03 Å². The Morgan fingerprint density at radius 3 is 2.23 bits per heavy atom. The molecule has 22 heavy (non-hydrogen) atoms. The Hall–Kier alpha value is -2.80. The zero-order valence-electron chi connectivity index (χ0n) is 13.0. The zero-order chi connectivity index (χ0) is 16.2. The van der Waals surface area contributed by atoms with Crippen molar-refractivity contribution in [3.8, 4) is 6.07 Å². The van der Waals surface area contributed by atoms with E-state index in [2.05, 4.69) is 31.4 Å². The highest BCUT2D eigenvalue weighted by atomic mass is 16.2. The van der Waals surface area contributed by atoms with Crippen molar-refractivity contribution in [1.29, 1.82) is 5.26 Å². The molecule has 0 spiro atoms. The van der Waals surface area contributed by atoms with Crippen LogP contribution in [0, 0.1) is 11.3 Å². The Bertz CT molecular complexity index is 706. The number of carbonyl (C=O) groups excluding carboxylic acids is 1. The number of hydrogen-bond acceptors (Lipinski definition) is 2. The smallest absolute Gasteiger partial charge is 0.308 e. The van der Waals surface area contributed by atoms with Gasteiger partial charge in [-0.3, -0.25) is 0 Å². The van der Waals surface area contributed by atoms with Crippen LogP contribution in [0.3, 0.4) is 0 Å². The molecule has 4 nitrogen and oxygen atoms in total. The molecule has 0 fully saturated rings. The Labute approximate surface area is 130 Å². The lowest BCUT2D eigenvalue weighted by molar-refractivity contribution is 0.262. The van der Waals surface area contributed by atoms with E-state index in [4.69, 9.17) is 5.26 Å². The number of nitrogens with zero attached hydrogens (tertiary/aromatic N) is 1. The SMILES string of the molecule is CC(C)(C)c1ccccc1NC(=O)Nc1ccc(C#N)cc1. The molecule has 0 atom stereocenters. The molecule has 0 saturated carbocycles. The number of nitriles is 1. The Morgan fingerprint density at radius 1 is 1.00 bits per heavy atom. The number of anilines is 2. The van der Waals surface area contributed by atoms with E-state index < -0.39 is 0 Å². The highest BCUT2D eigenvalue weighted by Gasteiger charge is 2.18. The fraction of sp³-hybridized carbons (Fsp3) is 0.222. The maximum absolute atomic E-state index is 12.1. The van der Waals surface area contributed by atoms with E-state index in [1.54, 1.807) is 24.3 Å². The summed E-state index contributed by atoms with van der Waals surface area (Å²) in [6.45, 7) is 6.31. The van der Waals surface area contributed by atoms with Crippen LogP contribution in [0.25, 0.3) is 0 Å². The van der Waals surface area contributed by atoms with E-state index in [1.807, 2.05) is 30.3 Å². The van der Waals surface area contributed by atoms with Gasteiger partial charge in [0, 0.05) is 11.4 Å². The van der Waals surface area contributed by atoms with Crippen molar-refractivity contribution in [2.75, 3.05) is 10.6 Å². The number of benzene rings is 2. The van der Waals surface area contributed by atoms with Gasteiger partial charge in [0.15, 0.2) is 0 Å². The minimum Gasteiger partial charge on any atom is -0.308 e. The molecule has 0 aromatic heterocycles. The lowest BCUT2D eigenvalue weighted by atomic mass is 9.86. The standard InChI is InChI=1S/C18H19N3O/c1-18(2,3)15-6-4-5-7-16(15)21-17(22)20-14-10-8-13(12-19)9-11-14/h4-11H,1-3H3,(H2,20,21,22). The van der Waals surface area contributed by atoms with Crippen LogP contribution in [0.1, 0.15) is 31.9 Å². The van der Waals surface area contributed by atoms with Crippen molar-refractivity contribution in [3.05, 3.63) is 59.7 Å². The minimum absolute atomic E-state index is 0.0572. The van der Waals surface area contributed by atoms with Gasteiger partial charge in [0.2, 0.25) is 0 Å². The molecule has 0 bridgehead atoms. The molecule has 112 valence electrons. The molecule has 0 radical (unpaired) electrons. The molecule has 4 heteroatoms. The number of urea groups is 1. The van der Waals surface area contributed by atoms with Gasteiger partial charge in [-0.1, -0.05) is 39.0 Å². The monoisotopic (exact) mass is 293 g/mol. The third kappa shape index (κ3) is 3.86. The van der Waals surface area contributed by atoms with Crippen molar-refractivity contribution in [2.45, 2.75) is 26.2 Å². The summed E-state index contributed by atoms with van der Waals surface area (Å²) in [6, 6.07) is 16.2. The highest BCUT2D eigenvalue weighted by molar-refractivity contribution is 6.00. The van der Waals surface area contributed by atoms with E-state index >= 15 is 0 Å². The average Bonchev–Trinajstić information content (AvgIpc) is 2.47. The van der Waals surface area contributed by atoms with E-state index in [0.29, 0.717) is 11.3 Å². The van der Waals surface area contributed by atoms with Crippen LogP contribution in [-0.4, -0.2) is 6.03 Å². The number of amides is 2. The zero-order valence-corrected chi connectivity index (χ0v) is 13.0. The summed E-state index contributed by atoms with van der Waals surface area (Å²) in [5.41, 5.74) is 3.01. The average molecular weight is 293 g/mol. The fourth-order valence-corrected chi connectivity index (χ4v) is 2.16. The number of hydrogen-bond donors (Lipinski definition) is 2. The van der Waals surface area contributed by atoms with Gasteiger partial charge in [-0.15, -0.1) is 0 Å². The summed E-state index contributed by atoms with van der Waals surface area (Å²) in [4.78, 5) is 12.1. The Kier molecular flexibility index (Phi) is 4.47. The van der Waals surface area contributed by atoms with Gasteiger partial charge in [-0.2, -0.15) is 5.26 Å². The van der Waals surface area contributed by atoms with Crippen LogP contribution in [0.5, 0.6) is 0 Å². The second kappa shape index (κ2) is 6.31. The topological polar surface area (TPSA) is 64.9 Å². The van der Waals surface area contributed by atoms with E-state index in [1.165, 1.54) is 0 Å². The molecular weight excluding hydrogens is 274 g/mol. The molecule has 0 unspecified atom stereocenters. The first-order chi connectivity index (χ1) is 10.4. The fourth-order valence-electron chi connectivity index (χ4n) is 2.16. The number of nitrogens with one attached hydrogen (secondary N) is 2. The first kappa shape index (κ1) is 15.6. The first-order valence-electron chi connectivity index (χ1n) is 7.08. The quantitative estimate of drug-likeness (QED) is 0.856. The van der Waals surface area contributed by atoms with Crippen molar-refractivity contribution < 1.29 is 4.79 Å². The summed E-state index contributed by atoms with van der Waals surface area (Å²) in [6.07, 6.45) is 0. The molecule has 2 amide bonds. The van der Waals surface area contributed by atoms with Crippen LogP contribution in [0.4, 0.5) is 16.2 Å². The van der Waals surface area contributed by atoms with Crippen molar-refractivity contribution in [1.82, 2.24) is 0 Å². The van der Waals surface area contributed by atoms with E-state index in [-0.39, 0.29) is 11.4 Å². The maximum atomic E-state index is 12.1. The van der Waals surface area contributed by atoms with Crippen molar-refractivity contribution in [3.63, 3.8) is 0 Å². The predicted octanol–water partition coefficient (Wildman–Crippen LogP) is 4.50. The van der Waals surface area contributed by atoms with Crippen molar-refractivity contribution in [2.24, 2.45) is 0 Å². The molecule has 2 aromatic carbocycles. The maximum Gasteiger partial charge on any atom is 0.323 e. The summed E-state index contributed by atoms with van der Waals surface area (Å²) in [7, 11) is 0. The van der Waals surface area contributed by atoms with E-state index in [0.717, 1.165) is 11.3 Å². The molecule has 0 saturated heterocycles. The minimum atomic E-state index is -0.304.